The molecular weight excluding hydrogens is 306 g/mol. The Balaban J connectivity index is 1.46. The summed E-state index contributed by atoms with van der Waals surface area (Å²) < 4.78 is 0. The zero-order valence-electron chi connectivity index (χ0n) is 16.4. The minimum Gasteiger partial charge on any atom is -0.371 e. The predicted molar refractivity (Wildman–Crippen MR) is 108 cm³/mol. The van der Waals surface area contributed by atoms with E-state index in [9.17, 15) is 0 Å². The molecule has 2 saturated heterocycles. The first kappa shape index (κ1) is 18.7. The Morgan fingerprint density at radius 3 is 2.36 bits per heavy atom. The van der Waals surface area contributed by atoms with Crippen LogP contribution in [0.3, 0.4) is 0 Å². The Bertz CT molecular complexity index is 488. The third-order valence-electron chi connectivity index (χ3n) is 6.19. The molecule has 140 valence electrons. The first-order valence-electron chi connectivity index (χ1n) is 10.6. The zero-order chi connectivity index (χ0) is 17.5. The maximum atomic E-state index is 2.61. The van der Waals surface area contributed by atoms with Crippen molar-refractivity contribution in [2.75, 3.05) is 50.7 Å². The van der Waals surface area contributed by atoms with E-state index in [0.29, 0.717) is 0 Å². The summed E-state index contributed by atoms with van der Waals surface area (Å²) in [4.78, 5) is 7.76. The third kappa shape index (κ3) is 5.46. The second-order valence-electron chi connectivity index (χ2n) is 7.92. The summed E-state index contributed by atoms with van der Waals surface area (Å²) in [5.74, 6) is 0.869. The monoisotopic (exact) mass is 343 g/mol. The lowest BCUT2D eigenvalue weighted by atomic mass is 10.0. The molecule has 3 rings (SSSR count). The molecule has 0 spiro atoms. The number of nitrogens with zero attached hydrogens (tertiary/aromatic N) is 3. The molecule has 3 nitrogen and oxygen atoms in total. The molecule has 2 fully saturated rings. The predicted octanol–water partition coefficient (Wildman–Crippen LogP) is 4.23. The van der Waals surface area contributed by atoms with Gasteiger partial charge in [0.05, 0.1) is 0 Å². The lowest BCUT2D eigenvalue weighted by Gasteiger charge is -2.26. The maximum Gasteiger partial charge on any atom is 0.0366 e. The van der Waals surface area contributed by atoms with E-state index in [1.165, 1.54) is 89.2 Å². The quantitative estimate of drug-likeness (QED) is 0.699. The van der Waals surface area contributed by atoms with Crippen LogP contribution in [0.15, 0.2) is 24.3 Å². The first-order chi connectivity index (χ1) is 12.3. The van der Waals surface area contributed by atoms with Crippen LogP contribution in [0.5, 0.6) is 0 Å². The van der Waals surface area contributed by atoms with E-state index in [-0.39, 0.29) is 0 Å². The van der Waals surface area contributed by atoms with E-state index in [0.717, 1.165) is 12.5 Å². The van der Waals surface area contributed by atoms with E-state index in [1.807, 2.05) is 0 Å². The van der Waals surface area contributed by atoms with Crippen molar-refractivity contribution < 1.29 is 0 Å². The normalized spacial score (nSPS) is 22.0. The summed E-state index contributed by atoms with van der Waals surface area (Å²) in [5, 5.41) is 0. The van der Waals surface area contributed by atoms with E-state index in [1.54, 1.807) is 0 Å². The van der Waals surface area contributed by atoms with Gasteiger partial charge in [0.15, 0.2) is 0 Å². The molecule has 0 amide bonds. The van der Waals surface area contributed by atoms with Crippen LogP contribution in [0.25, 0.3) is 0 Å². The molecule has 3 heteroatoms. The molecule has 25 heavy (non-hydrogen) atoms. The maximum absolute atomic E-state index is 2.61. The Morgan fingerprint density at radius 1 is 0.960 bits per heavy atom. The van der Waals surface area contributed by atoms with Crippen LogP contribution < -0.4 is 4.90 Å². The van der Waals surface area contributed by atoms with Gasteiger partial charge in [-0.2, -0.15) is 0 Å². The number of benzene rings is 1. The molecule has 1 aromatic rings. The fourth-order valence-corrected chi connectivity index (χ4v) is 4.40. The molecule has 0 aromatic heterocycles. The van der Waals surface area contributed by atoms with Gasteiger partial charge in [-0.05, 0) is 82.0 Å². The lowest BCUT2D eigenvalue weighted by molar-refractivity contribution is 0.221. The molecule has 0 radical (unpaired) electrons. The highest BCUT2D eigenvalue weighted by molar-refractivity contribution is 5.48. The van der Waals surface area contributed by atoms with Gasteiger partial charge < -0.3 is 9.80 Å². The summed E-state index contributed by atoms with van der Waals surface area (Å²) in [5.41, 5.74) is 2.90. The highest BCUT2D eigenvalue weighted by Gasteiger charge is 2.23. The summed E-state index contributed by atoms with van der Waals surface area (Å²) in [7, 11) is 0. The molecule has 2 heterocycles. The Kier molecular flexibility index (Phi) is 7.18. The molecule has 0 N–H and O–H groups in total. The Labute approximate surface area is 155 Å². The smallest absolute Gasteiger partial charge is 0.0366 e. The van der Waals surface area contributed by atoms with Crippen molar-refractivity contribution in [2.45, 2.75) is 52.5 Å². The molecule has 0 aliphatic carbocycles. The minimum atomic E-state index is 0.869. The standard InChI is InChI=1S/C22H37N3/c1-3-23(4-2)16-12-21-13-17-25(19-21)22-10-8-20(9-11-22)18-24-14-6-5-7-15-24/h8-11,21H,3-7,12-19H2,1-2H3. The highest BCUT2D eigenvalue weighted by atomic mass is 15.2. The lowest BCUT2D eigenvalue weighted by Crippen LogP contribution is -2.29. The van der Waals surface area contributed by atoms with E-state index < -0.39 is 0 Å². The number of likely N-dealkylation sites (tertiary alicyclic amines) is 1. The van der Waals surface area contributed by atoms with Crippen molar-refractivity contribution in [3.63, 3.8) is 0 Å². The zero-order valence-corrected chi connectivity index (χ0v) is 16.4. The van der Waals surface area contributed by atoms with Crippen LogP contribution >= 0.6 is 0 Å². The fourth-order valence-electron chi connectivity index (χ4n) is 4.40. The van der Waals surface area contributed by atoms with Crippen molar-refractivity contribution in [1.29, 1.82) is 0 Å². The van der Waals surface area contributed by atoms with E-state index in [2.05, 4.69) is 52.8 Å². The molecule has 0 saturated carbocycles. The first-order valence-corrected chi connectivity index (χ1v) is 10.6. The molecule has 1 unspecified atom stereocenters. The van der Waals surface area contributed by atoms with Crippen molar-refractivity contribution in [3.05, 3.63) is 29.8 Å². The van der Waals surface area contributed by atoms with Crippen LogP contribution in [0, 0.1) is 5.92 Å². The fraction of sp³-hybridized carbons (Fsp3) is 0.727. The van der Waals surface area contributed by atoms with Crippen molar-refractivity contribution in [2.24, 2.45) is 5.92 Å². The molecule has 0 bridgehead atoms. The molecule has 1 atom stereocenters. The molecular formula is C22H37N3. The van der Waals surface area contributed by atoms with Crippen molar-refractivity contribution in [1.82, 2.24) is 9.80 Å². The van der Waals surface area contributed by atoms with Gasteiger partial charge >= 0.3 is 0 Å². The van der Waals surface area contributed by atoms with Gasteiger partial charge in [0.25, 0.3) is 0 Å². The summed E-state index contributed by atoms with van der Waals surface area (Å²) in [6.45, 7) is 14.3. The third-order valence-corrected chi connectivity index (χ3v) is 6.19. The summed E-state index contributed by atoms with van der Waals surface area (Å²) in [6.07, 6.45) is 6.88. The van der Waals surface area contributed by atoms with Gasteiger partial charge in [-0.25, -0.2) is 0 Å². The van der Waals surface area contributed by atoms with Gasteiger partial charge in [-0.15, -0.1) is 0 Å². The molecule has 2 aliphatic heterocycles. The van der Waals surface area contributed by atoms with Crippen LogP contribution in [-0.2, 0) is 6.54 Å². The largest absolute Gasteiger partial charge is 0.371 e. The summed E-state index contributed by atoms with van der Waals surface area (Å²) >= 11 is 0. The number of hydrogen-bond acceptors (Lipinski definition) is 3. The van der Waals surface area contributed by atoms with Crippen LogP contribution in [0.4, 0.5) is 5.69 Å². The number of rotatable bonds is 8. The average Bonchev–Trinajstić information content (AvgIpc) is 3.13. The number of piperidine rings is 1. The molecule has 2 aliphatic rings. The van der Waals surface area contributed by atoms with Crippen LogP contribution in [0.2, 0.25) is 0 Å². The topological polar surface area (TPSA) is 9.72 Å². The van der Waals surface area contributed by atoms with Gasteiger partial charge in [0.2, 0.25) is 0 Å². The van der Waals surface area contributed by atoms with Crippen LogP contribution in [0.1, 0.15) is 51.5 Å². The van der Waals surface area contributed by atoms with E-state index in [4.69, 9.17) is 0 Å². The van der Waals surface area contributed by atoms with Crippen LogP contribution in [-0.4, -0.2) is 55.6 Å². The van der Waals surface area contributed by atoms with Crippen molar-refractivity contribution in [3.8, 4) is 0 Å². The SMILES string of the molecule is CCN(CC)CCC1CCN(c2ccc(CN3CCCCC3)cc2)C1. The minimum absolute atomic E-state index is 0.869. The van der Waals surface area contributed by atoms with E-state index >= 15 is 0 Å². The van der Waals surface area contributed by atoms with Gasteiger partial charge in [0.1, 0.15) is 0 Å². The number of anilines is 1. The number of hydrogen-bond donors (Lipinski definition) is 0. The Morgan fingerprint density at radius 2 is 1.68 bits per heavy atom. The van der Waals surface area contributed by atoms with Gasteiger partial charge in [-0.1, -0.05) is 32.4 Å². The second-order valence-corrected chi connectivity index (χ2v) is 7.92. The summed E-state index contributed by atoms with van der Waals surface area (Å²) in [6, 6.07) is 9.42. The van der Waals surface area contributed by atoms with Crippen molar-refractivity contribution >= 4 is 5.69 Å². The highest BCUT2D eigenvalue weighted by Crippen LogP contribution is 2.26. The molecule has 1 aromatic carbocycles. The Hall–Kier alpha value is -1.06. The van der Waals surface area contributed by atoms with Gasteiger partial charge in [0, 0.05) is 25.3 Å². The average molecular weight is 344 g/mol. The van der Waals surface area contributed by atoms with Gasteiger partial charge in [-0.3, -0.25) is 4.90 Å². The second kappa shape index (κ2) is 9.59.